The predicted molar refractivity (Wildman–Crippen MR) is 252 cm³/mol. The molecular weight excluding hydrogens is 930 g/mol. The molecule has 368 valence electrons. The van der Waals surface area contributed by atoms with Crippen LogP contribution >= 0.6 is 0 Å². The van der Waals surface area contributed by atoms with E-state index in [0.717, 1.165) is 103 Å². The van der Waals surface area contributed by atoms with Gasteiger partial charge in [-0.3, -0.25) is 0 Å². The van der Waals surface area contributed by atoms with Gasteiger partial charge in [-0.05, 0) is 103 Å². The summed E-state index contributed by atoms with van der Waals surface area (Å²) in [6, 6.07) is 0. The maximum Gasteiger partial charge on any atom is 4.00 e. The van der Waals surface area contributed by atoms with Crippen LogP contribution in [-0.4, -0.2) is 102 Å². The van der Waals surface area contributed by atoms with Gasteiger partial charge in [0.15, 0.2) is 0 Å². The van der Waals surface area contributed by atoms with E-state index in [1.807, 2.05) is 0 Å². The van der Waals surface area contributed by atoms with Crippen LogP contribution in [0.4, 0.5) is 0 Å². The van der Waals surface area contributed by atoms with Gasteiger partial charge in [0.2, 0.25) is 0 Å². The van der Waals surface area contributed by atoms with Crippen molar-refractivity contribution < 1.29 is 57.3 Å². The van der Waals surface area contributed by atoms with Gasteiger partial charge >= 0.3 is 53.2 Å². The Morgan fingerprint density at radius 3 is 0.369 bits per heavy atom. The average molecular weight is 1020 g/mol. The standard InChI is InChI=1S/4C12H22BO3.Sn/c4*14-13(15-11-7-3-1-4-8-11)16-12-9-5-2-6-10-12;/h4*11-12H,1-10H2;/q4*-1;+4. The molecule has 0 aromatic heterocycles. The maximum absolute atomic E-state index is 11.6. The molecule has 0 saturated heterocycles. The van der Waals surface area contributed by atoms with Crippen LogP contribution in [-0.2, 0) is 37.2 Å². The second kappa shape index (κ2) is 36.5. The number of hydrogen-bond donors (Lipinski definition) is 0. The molecule has 0 aromatic carbocycles. The molecule has 0 atom stereocenters. The van der Waals surface area contributed by atoms with Gasteiger partial charge in [0.1, 0.15) is 0 Å². The van der Waals surface area contributed by atoms with Gasteiger partial charge in [0, 0.05) is 48.8 Å². The molecule has 0 heterocycles. The van der Waals surface area contributed by atoms with Gasteiger partial charge in [-0.2, -0.15) is 0 Å². The fourth-order valence-electron chi connectivity index (χ4n) is 11.0. The Labute approximate surface area is 414 Å². The van der Waals surface area contributed by atoms with E-state index in [0.29, 0.717) is 0 Å². The van der Waals surface area contributed by atoms with Crippen molar-refractivity contribution in [3.05, 3.63) is 0 Å². The fraction of sp³-hybridized carbons (Fsp3) is 1.00. The molecule has 0 N–H and O–H groups in total. The first-order valence-corrected chi connectivity index (χ1v) is 27.2. The van der Waals surface area contributed by atoms with Crippen molar-refractivity contribution in [1.82, 2.24) is 0 Å². The third-order valence-corrected chi connectivity index (χ3v) is 14.8. The normalized spacial score (nSPS) is 24.2. The summed E-state index contributed by atoms with van der Waals surface area (Å²) >= 11 is 0. The molecule has 12 nitrogen and oxygen atoms in total. The second-order valence-corrected chi connectivity index (χ2v) is 20.3. The Hall–Kier alpha value is 0.578. The largest absolute Gasteiger partial charge is 4.00 e. The minimum atomic E-state index is -1.24. The number of rotatable bonds is 16. The first-order valence-electron chi connectivity index (χ1n) is 27.2. The van der Waals surface area contributed by atoms with Crippen LogP contribution in [0, 0.1) is 0 Å². The summed E-state index contributed by atoms with van der Waals surface area (Å²) in [6.45, 7) is 0. The van der Waals surface area contributed by atoms with E-state index in [9.17, 15) is 20.1 Å². The molecule has 8 aliphatic rings. The van der Waals surface area contributed by atoms with Crippen molar-refractivity contribution in [3.63, 3.8) is 0 Å². The molecule has 8 rings (SSSR count). The third-order valence-electron chi connectivity index (χ3n) is 14.8. The zero-order valence-electron chi connectivity index (χ0n) is 40.6. The van der Waals surface area contributed by atoms with Crippen LogP contribution in [0.1, 0.15) is 257 Å². The average Bonchev–Trinajstić information content (AvgIpc) is 3.32. The van der Waals surface area contributed by atoms with Gasteiger partial charge in [0.25, 0.3) is 0 Å². The summed E-state index contributed by atoms with van der Waals surface area (Å²) in [4.78, 5) is 0. The Balaban J connectivity index is 0.000000189. The first-order chi connectivity index (χ1) is 31.4. The molecule has 65 heavy (non-hydrogen) atoms. The second-order valence-electron chi connectivity index (χ2n) is 20.3. The predicted octanol–water partition coefficient (Wildman–Crippen LogP) is 7.74. The van der Waals surface area contributed by atoms with E-state index in [1.54, 1.807) is 0 Å². The summed E-state index contributed by atoms with van der Waals surface area (Å²) in [5.41, 5.74) is 0. The summed E-state index contributed by atoms with van der Waals surface area (Å²) in [5.74, 6) is 0. The van der Waals surface area contributed by atoms with Crippen LogP contribution in [0.25, 0.3) is 0 Å². The summed E-state index contributed by atoms with van der Waals surface area (Å²) in [5, 5.41) is 46.5. The van der Waals surface area contributed by atoms with Crippen molar-refractivity contribution in [3.8, 4) is 0 Å². The van der Waals surface area contributed by atoms with Crippen molar-refractivity contribution in [1.29, 1.82) is 0 Å². The Morgan fingerprint density at radius 1 is 0.185 bits per heavy atom. The van der Waals surface area contributed by atoms with Gasteiger partial charge in [0.05, 0.1) is 0 Å². The summed E-state index contributed by atoms with van der Waals surface area (Å²) in [6.07, 6.45) is 47.2. The monoisotopic (exact) mass is 1020 g/mol. The first kappa shape index (κ1) is 58.2. The molecule has 0 spiro atoms. The van der Waals surface area contributed by atoms with Gasteiger partial charge in [-0.25, -0.2) is 0 Å². The summed E-state index contributed by atoms with van der Waals surface area (Å²) in [7, 11) is -4.98. The molecule has 8 aliphatic carbocycles. The molecule has 8 fully saturated rings. The van der Waals surface area contributed by atoms with Crippen LogP contribution < -0.4 is 20.1 Å². The van der Waals surface area contributed by atoms with E-state index in [2.05, 4.69) is 0 Å². The van der Waals surface area contributed by atoms with E-state index in [4.69, 9.17) is 37.2 Å². The molecule has 8 saturated carbocycles. The van der Waals surface area contributed by atoms with Crippen molar-refractivity contribution in [2.75, 3.05) is 0 Å². The van der Waals surface area contributed by atoms with Gasteiger partial charge in [-0.15, -0.1) is 0 Å². The van der Waals surface area contributed by atoms with E-state index < -0.39 is 29.3 Å². The van der Waals surface area contributed by atoms with E-state index in [-0.39, 0.29) is 72.7 Å². The fourth-order valence-corrected chi connectivity index (χ4v) is 11.0. The molecule has 0 aliphatic heterocycles. The number of hydrogen-bond acceptors (Lipinski definition) is 12. The van der Waals surface area contributed by atoms with Crippen molar-refractivity contribution in [2.24, 2.45) is 0 Å². The third kappa shape index (κ3) is 27.1. The van der Waals surface area contributed by atoms with Crippen molar-refractivity contribution >= 4 is 53.2 Å². The van der Waals surface area contributed by atoms with Crippen LogP contribution in [0.15, 0.2) is 0 Å². The molecule has 0 radical (unpaired) electrons. The minimum absolute atomic E-state index is 0. The Morgan fingerprint density at radius 2 is 0.277 bits per heavy atom. The van der Waals surface area contributed by atoms with Gasteiger partial charge in [-0.1, -0.05) is 154 Å². The van der Waals surface area contributed by atoms with Crippen LogP contribution in [0.3, 0.4) is 0 Å². The van der Waals surface area contributed by atoms with Crippen LogP contribution in [0.5, 0.6) is 0 Å². The quantitative estimate of drug-likeness (QED) is 0.138. The molecule has 0 aromatic rings. The molecule has 0 unspecified atom stereocenters. The Kier molecular flexibility index (Phi) is 32.6. The SMILES string of the molecule is [O-]B(OC1CCCCC1)OC1CCCCC1.[O-]B(OC1CCCCC1)OC1CCCCC1.[O-]B(OC1CCCCC1)OC1CCCCC1.[O-]B(OC1CCCCC1)OC1CCCCC1.[Sn+4]. The van der Waals surface area contributed by atoms with Gasteiger partial charge < -0.3 is 57.3 Å². The molecule has 17 heteroatoms. The zero-order valence-corrected chi connectivity index (χ0v) is 43.5. The topological polar surface area (TPSA) is 166 Å². The molecule has 0 amide bonds. The maximum atomic E-state index is 11.6. The van der Waals surface area contributed by atoms with Crippen LogP contribution in [0.2, 0.25) is 0 Å². The minimum Gasteiger partial charge on any atom is -0.832 e. The molecular formula is C48H88B4O12Sn. The van der Waals surface area contributed by atoms with E-state index >= 15 is 0 Å². The Bertz CT molecular complexity index is 850. The molecule has 0 bridgehead atoms. The van der Waals surface area contributed by atoms with E-state index in [1.165, 1.54) is 154 Å². The van der Waals surface area contributed by atoms with Crippen molar-refractivity contribution in [2.45, 2.75) is 306 Å². The zero-order chi connectivity index (χ0) is 44.9. The smallest absolute Gasteiger partial charge is 0.832 e. The summed E-state index contributed by atoms with van der Waals surface area (Å²) < 4.78 is 43.3.